The first-order chi connectivity index (χ1) is 8.81. The quantitative estimate of drug-likeness (QED) is 0.478. The van der Waals surface area contributed by atoms with E-state index in [1.807, 2.05) is 30.3 Å². The smallest absolute Gasteiger partial charge is 0.242 e. The van der Waals surface area contributed by atoms with Crippen molar-refractivity contribution in [2.75, 3.05) is 19.6 Å². The van der Waals surface area contributed by atoms with E-state index in [2.05, 4.69) is 10.3 Å². The molecular formula is C14H21N3O. The van der Waals surface area contributed by atoms with Gasteiger partial charge in [0.15, 0.2) is 0 Å². The number of hydrogen-bond donors (Lipinski definition) is 2. The molecule has 1 aromatic carbocycles. The Bertz CT molecular complexity index is 374. The van der Waals surface area contributed by atoms with Crippen LogP contribution in [-0.2, 0) is 4.79 Å². The van der Waals surface area contributed by atoms with E-state index in [1.54, 1.807) is 0 Å². The Balaban J connectivity index is 2.07. The van der Waals surface area contributed by atoms with E-state index >= 15 is 0 Å². The average molecular weight is 247 g/mol. The van der Waals surface area contributed by atoms with Crippen LogP contribution in [0.4, 0.5) is 0 Å². The van der Waals surface area contributed by atoms with Gasteiger partial charge in [-0.25, -0.2) is 5.84 Å². The molecule has 1 saturated heterocycles. The minimum atomic E-state index is -0.172. The van der Waals surface area contributed by atoms with Gasteiger partial charge in [0.1, 0.15) is 0 Å². The Morgan fingerprint density at radius 1 is 1.22 bits per heavy atom. The van der Waals surface area contributed by atoms with Crippen molar-refractivity contribution < 1.29 is 4.79 Å². The lowest BCUT2D eigenvalue weighted by molar-refractivity contribution is -0.123. The summed E-state index contributed by atoms with van der Waals surface area (Å²) in [5.41, 5.74) is 3.32. The maximum Gasteiger partial charge on any atom is 0.242 e. The lowest BCUT2D eigenvalue weighted by Crippen LogP contribution is -2.41. The molecule has 1 aromatic rings. The molecule has 1 heterocycles. The normalized spacial score (nSPS) is 18.3. The number of nitrogens with two attached hydrogens (primary N) is 1. The van der Waals surface area contributed by atoms with E-state index in [1.165, 1.54) is 19.3 Å². The third kappa shape index (κ3) is 3.31. The SMILES string of the molecule is NNC(=O)C(CN1CCCCC1)c1ccccc1. The van der Waals surface area contributed by atoms with Crippen LogP contribution < -0.4 is 11.3 Å². The fourth-order valence-corrected chi connectivity index (χ4v) is 2.53. The van der Waals surface area contributed by atoms with Crippen LogP contribution >= 0.6 is 0 Å². The molecule has 1 fully saturated rings. The predicted molar refractivity (Wildman–Crippen MR) is 71.8 cm³/mol. The summed E-state index contributed by atoms with van der Waals surface area (Å²) in [4.78, 5) is 14.3. The summed E-state index contributed by atoms with van der Waals surface area (Å²) in [5, 5.41) is 0. The van der Waals surface area contributed by atoms with Crippen molar-refractivity contribution >= 4 is 5.91 Å². The lowest BCUT2D eigenvalue weighted by Gasteiger charge is -2.29. The van der Waals surface area contributed by atoms with Crippen LogP contribution in [0.3, 0.4) is 0 Å². The first-order valence-corrected chi connectivity index (χ1v) is 6.59. The highest BCUT2D eigenvalue weighted by molar-refractivity contribution is 5.83. The highest BCUT2D eigenvalue weighted by atomic mass is 16.2. The summed E-state index contributed by atoms with van der Waals surface area (Å²) in [6.45, 7) is 2.93. The molecule has 98 valence electrons. The Labute approximate surface area is 108 Å². The molecule has 2 rings (SSSR count). The topological polar surface area (TPSA) is 58.4 Å². The monoisotopic (exact) mass is 247 g/mol. The van der Waals surface area contributed by atoms with Gasteiger partial charge in [-0.15, -0.1) is 0 Å². The second-order valence-electron chi connectivity index (χ2n) is 4.83. The standard InChI is InChI=1S/C14H21N3O/c15-16-14(18)13(12-7-3-1-4-8-12)11-17-9-5-2-6-10-17/h1,3-4,7-8,13H,2,5-6,9-11,15H2,(H,16,18). The lowest BCUT2D eigenvalue weighted by atomic mass is 9.97. The molecule has 18 heavy (non-hydrogen) atoms. The van der Waals surface area contributed by atoms with Crippen LogP contribution in [0.5, 0.6) is 0 Å². The summed E-state index contributed by atoms with van der Waals surface area (Å²) >= 11 is 0. The van der Waals surface area contributed by atoms with E-state index in [4.69, 9.17) is 5.84 Å². The molecule has 0 aromatic heterocycles. The molecule has 4 nitrogen and oxygen atoms in total. The number of hydrazine groups is 1. The molecule has 0 bridgehead atoms. The molecule has 1 atom stereocenters. The van der Waals surface area contributed by atoms with E-state index in [0.717, 1.165) is 25.2 Å². The zero-order valence-corrected chi connectivity index (χ0v) is 10.6. The van der Waals surface area contributed by atoms with Gasteiger partial charge in [0.25, 0.3) is 0 Å². The molecule has 0 saturated carbocycles. The first kappa shape index (κ1) is 13.1. The second kappa shape index (κ2) is 6.52. The number of nitrogens with zero attached hydrogens (tertiary/aromatic N) is 1. The number of likely N-dealkylation sites (tertiary alicyclic amines) is 1. The summed E-state index contributed by atoms with van der Waals surface area (Å²) < 4.78 is 0. The zero-order chi connectivity index (χ0) is 12.8. The van der Waals surface area contributed by atoms with E-state index in [0.29, 0.717) is 0 Å². The average Bonchev–Trinajstić information content (AvgIpc) is 2.46. The summed E-state index contributed by atoms with van der Waals surface area (Å²) in [6.07, 6.45) is 3.76. The number of benzene rings is 1. The fourth-order valence-electron chi connectivity index (χ4n) is 2.53. The molecule has 1 aliphatic rings. The third-order valence-electron chi connectivity index (χ3n) is 3.55. The van der Waals surface area contributed by atoms with Crippen molar-refractivity contribution in [1.82, 2.24) is 10.3 Å². The molecule has 1 amide bonds. The predicted octanol–water partition coefficient (Wildman–Crippen LogP) is 1.25. The summed E-state index contributed by atoms with van der Waals surface area (Å²) in [5.74, 6) is 5.02. The Kier molecular flexibility index (Phi) is 4.73. The van der Waals surface area contributed by atoms with Crippen molar-refractivity contribution in [3.63, 3.8) is 0 Å². The molecule has 0 radical (unpaired) electrons. The van der Waals surface area contributed by atoms with Crippen LogP contribution in [0.15, 0.2) is 30.3 Å². The van der Waals surface area contributed by atoms with Gasteiger partial charge in [-0.05, 0) is 31.5 Å². The van der Waals surface area contributed by atoms with Gasteiger partial charge in [0.05, 0.1) is 5.92 Å². The number of nitrogens with one attached hydrogen (secondary N) is 1. The van der Waals surface area contributed by atoms with Crippen molar-refractivity contribution in [3.8, 4) is 0 Å². The van der Waals surface area contributed by atoms with E-state index in [9.17, 15) is 4.79 Å². The highest BCUT2D eigenvalue weighted by Gasteiger charge is 2.23. The summed E-state index contributed by atoms with van der Waals surface area (Å²) in [6, 6.07) is 9.86. The molecule has 0 spiro atoms. The molecule has 3 N–H and O–H groups in total. The van der Waals surface area contributed by atoms with Gasteiger partial charge in [-0.2, -0.15) is 0 Å². The Hall–Kier alpha value is -1.39. The molecular weight excluding hydrogens is 226 g/mol. The molecule has 0 aliphatic carbocycles. The van der Waals surface area contributed by atoms with Gasteiger partial charge in [-0.3, -0.25) is 10.2 Å². The fraction of sp³-hybridized carbons (Fsp3) is 0.500. The molecule has 4 heteroatoms. The van der Waals surface area contributed by atoms with Gasteiger partial charge >= 0.3 is 0 Å². The number of carbonyl (C=O) groups is 1. The van der Waals surface area contributed by atoms with Crippen LogP contribution in [0, 0.1) is 0 Å². The molecule has 1 aliphatic heterocycles. The van der Waals surface area contributed by atoms with E-state index < -0.39 is 0 Å². The minimum absolute atomic E-state index is 0.105. The largest absolute Gasteiger partial charge is 0.302 e. The zero-order valence-electron chi connectivity index (χ0n) is 10.6. The van der Waals surface area contributed by atoms with Crippen LogP contribution in [0.1, 0.15) is 30.7 Å². The van der Waals surface area contributed by atoms with Crippen molar-refractivity contribution in [2.24, 2.45) is 5.84 Å². The van der Waals surface area contributed by atoms with Crippen LogP contribution in [0.2, 0.25) is 0 Å². The van der Waals surface area contributed by atoms with Crippen molar-refractivity contribution in [3.05, 3.63) is 35.9 Å². The minimum Gasteiger partial charge on any atom is -0.302 e. The third-order valence-corrected chi connectivity index (χ3v) is 3.55. The van der Waals surface area contributed by atoms with Gasteiger partial charge in [-0.1, -0.05) is 36.8 Å². The highest BCUT2D eigenvalue weighted by Crippen LogP contribution is 2.19. The maximum absolute atomic E-state index is 11.9. The first-order valence-electron chi connectivity index (χ1n) is 6.59. The van der Waals surface area contributed by atoms with Gasteiger partial charge < -0.3 is 4.90 Å². The molecule has 1 unspecified atom stereocenters. The number of piperidine rings is 1. The van der Waals surface area contributed by atoms with Gasteiger partial charge in [0, 0.05) is 6.54 Å². The number of amides is 1. The van der Waals surface area contributed by atoms with Crippen LogP contribution in [-0.4, -0.2) is 30.4 Å². The van der Waals surface area contributed by atoms with E-state index in [-0.39, 0.29) is 11.8 Å². The number of rotatable bonds is 4. The Morgan fingerprint density at radius 2 is 1.89 bits per heavy atom. The van der Waals surface area contributed by atoms with Crippen molar-refractivity contribution in [2.45, 2.75) is 25.2 Å². The van der Waals surface area contributed by atoms with Crippen LogP contribution in [0.25, 0.3) is 0 Å². The van der Waals surface area contributed by atoms with Gasteiger partial charge in [0.2, 0.25) is 5.91 Å². The summed E-state index contributed by atoms with van der Waals surface area (Å²) in [7, 11) is 0. The maximum atomic E-state index is 11.9. The Morgan fingerprint density at radius 3 is 2.50 bits per heavy atom. The number of carbonyl (C=O) groups excluding carboxylic acids is 1. The number of hydrogen-bond acceptors (Lipinski definition) is 3. The van der Waals surface area contributed by atoms with Crippen molar-refractivity contribution in [1.29, 1.82) is 0 Å². The second-order valence-corrected chi connectivity index (χ2v) is 4.83.